The van der Waals surface area contributed by atoms with E-state index in [1.165, 1.54) is 49.2 Å². The number of aromatic nitrogens is 3. The second-order valence-electron chi connectivity index (χ2n) is 10.2. The van der Waals surface area contributed by atoms with Gasteiger partial charge in [-0.05, 0) is 41.4 Å². The zero-order chi connectivity index (χ0) is 27.3. The van der Waals surface area contributed by atoms with Crippen LogP contribution in [0.15, 0.2) is 128 Å². The largest absolute Gasteiger partial charge is 0.504 e. The van der Waals surface area contributed by atoms with E-state index in [9.17, 15) is 0 Å². The molecule has 1 aliphatic heterocycles. The second-order valence-corrected chi connectivity index (χ2v) is 10.2. The summed E-state index contributed by atoms with van der Waals surface area (Å²) < 4.78 is 2.18. The fourth-order valence-corrected chi connectivity index (χ4v) is 6.09. The summed E-state index contributed by atoms with van der Waals surface area (Å²) in [5.74, 6) is 0. The summed E-state index contributed by atoms with van der Waals surface area (Å²) in [6.45, 7) is 2.08. The van der Waals surface area contributed by atoms with Crippen LogP contribution >= 0.6 is 0 Å². The minimum Gasteiger partial charge on any atom is -0.504 e. The number of pyridine rings is 2. The first-order valence-electron chi connectivity index (χ1n) is 13.6. The molecule has 4 heterocycles. The van der Waals surface area contributed by atoms with Crippen molar-refractivity contribution in [3.63, 3.8) is 0 Å². The van der Waals surface area contributed by atoms with Crippen molar-refractivity contribution in [3.05, 3.63) is 141 Å². The maximum absolute atomic E-state index is 4.66. The molecule has 42 heavy (non-hydrogen) atoms. The van der Waals surface area contributed by atoms with E-state index >= 15 is 0 Å². The Balaban J connectivity index is 0.000000147. The van der Waals surface area contributed by atoms with E-state index in [2.05, 4.69) is 129 Å². The quantitative estimate of drug-likeness (QED) is 0.126. The first-order chi connectivity index (χ1) is 20.3. The summed E-state index contributed by atoms with van der Waals surface area (Å²) in [7, 11) is 2.06. The van der Waals surface area contributed by atoms with Crippen molar-refractivity contribution in [2.45, 2.75) is 0 Å². The minimum absolute atomic E-state index is 0. The van der Waals surface area contributed by atoms with E-state index in [4.69, 9.17) is 0 Å². The molecule has 0 N–H and O–H groups in total. The molecule has 0 aliphatic carbocycles. The first kappa shape index (κ1) is 26.1. The molecule has 3 aromatic heterocycles. The molecular formula is C36H25IrN5-2. The van der Waals surface area contributed by atoms with Crippen molar-refractivity contribution >= 4 is 65.9 Å². The van der Waals surface area contributed by atoms with Gasteiger partial charge in [0, 0.05) is 53.8 Å². The Hall–Kier alpha value is -4.77. The SMILES string of the molecule is CN1[CH-]N(c2[c-]cccc2)c2ccccc21.[Ir].c1ccc2c(c1)c1ccccc1c1c2c2cccnc2c2cncn21. The molecular weight excluding hydrogens is 695 g/mol. The van der Waals surface area contributed by atoms with Crippen LogP contribution in [-0.2, 0) is 20.1 Å². The number of imidazole rings is 1. The third-order valence-electron chi connectivity index (χ3n) is 7.87. The normalized spacial score (nSPS) is 12.5. The third-order valence-corrected chi connectivity index (χ3v) is 7.87. The molecule has 8 aromatic rings. The van der Waals surface area contributed by atoms with Gasteiger partial charge in [0.05, 0.1) is 29.1 Å². The number of nitrogens with zero attached hydrogens (tertiary/aromatic N) is 5. The Morgan fingerprint density at radius 2 is 1.36 bits per heavy atom. The molecule has 0 unspecified atom stereocenters. The molecule has 9 rings (SSSR count). The number of anilines is 3. The predicted molar refractivity (Wildman–Crippen MR) is 170 cm³/mol. The number of hydrogen-bond donors (Lipinski definition) is 0. The fraction of sp³-hybridized carbons (Fsp3) is 0.0278. The van der Waals surface area contributed by atoms with Crippen LogP contribution in [-0.4, -0.2) is 21.4 Å². The van der Waals surface area contributed by atoms with Gasteiger partial charge in [0.25, 0.3) is 0 Å². The Morgan fingerprint density at radius 3 is 2.14 bits per heavy atom. The first-order valence-corrected chi connectivity index (χ1v) is 13.6. The van der Waals surface area contributed by atoms with Crippen molar-refractivity contribution in [2.24, 2.45) is 0 Å². The summed E-state index contributed by atoms with van der Waals surface area (Å²) >= 11 is 0. The van der Waals surface area contributed by atoms with Gasteiger partial charge in [-0.1, -0.05) is 66.7 Å². The van der Waals surface area contributed by atoms with E-state index in [-0.39, 0.29) is 20.1 Å². The van der Waals surface area contributed by atoms with Crippen molar-refractivity contribution in [3.8, 4) is 0 Å². The maximum atomic E-state index is 4.66. The molecule has 5 aromatic carbocycles. The fourth-order valence-electron chi connectivity index (χ4n) is 6.09. The third kappa shape index (κ3) is 4.03. The van der Waals surface area contributed by atoms with Gasteiger partial charge in [-0.15, -0.1) is 5.69 Å². The number of fused-ring (bicyclic) bond motifs is 12. The molecule has 0 atom stereocenters. The summed E-state index contributed by atoms with van der Waals surface area (Å²) in [5.41, 5.74) is 6.73. The van der Waals surface area contributed by atoms with Crippen LogP contribution in [0, 0.1) is 12.7 Å². The molecule has 0 saturated heterocycles. The average Bonchev–Trinajstić information content (AvgIpc) is 3.67. The Kier molecular flexibility index (Phi) is 6.58. The molecule has 1 aliphatic rings. The van der Waals surface area contributed by atoms with Crippen LogP contribution < -0.4 is 9.80 Å². The van der Waals surface area contributed by atoms with Crippen molar-refractivity contribution in [1.82, 2.24) is 14.4 Å². The zero-order valence-corrected chi connectivity index (χ0v) is 25.2. The molecule has 205 valence electrons. The Labute approximate surface area is 257 Å². The van der Waals surface area contributed by atoms with Crippen molar-refractivity contribution < 1.29 is 20.1 Å². The van der Waals surface area contributed by atoms with E-state index in [0.717, 1.165) is 16.7 Å². The number of rotatable bonds is 1. The van der Waals surface area contributed by atoms with Crippen LogP contribution in [0.4, 0.5) is 17.1 Å². The summed E-state index contributed by atoms with van der Waals surface area (Å²) in [4.78, 5) is 13.3. The molecule has 0 saturated carbocycles. The Morgan fingerprint density at radius 1 is 0.690 bits per heavy atom. The summed E-state index contributed by atoms with van der Waals surface area (Å²) in [5, 5.41) is 7.45. The minimum atomic E-state index is 0. The van der Waals surface area contributed by atoms with Crippen molar-refractivity contribution in [1.29, 1.82) is 0 Å². The molecule has 0 fully saturated rings. The molecule has 0 spiro atoms. The van der Waals surface area contributed by atoms with Crippen LogP contribution in [0.1, 0.15) is 0 Å². The molecule has 0 bridgehead atoms. The van der Waals surface area contributed by atoms with Crippen LogP contribution in [0.3, 0.4) is 0 Å². The number of para-hydroxylation sites is 3. The van der Waals surface area contributed by atoms with Gasteiger partial charge >= 0.3 is 0 Å². The van der Waals surface area contributed by atoms with Crippen molar-refractivity contribution in [2.75, 3.05) is 16.8 Å². The van der Waals surface area contributed by atoms with E-state index in [0.29, 0.717) is 0 Å². The second kappa shape index (κ2) is 10.6. The van der Waals surface area contributed by atoms with Gasteiger partial charge in [-0.25, -0.2) is 4.98 Å². The van der Waals surface area contributed by atoms with E-state index in [1.54, 1.807) is 0 Å². The van der Waals surface area contributed by atoms with Crippen LogP contribution in [0.2, 0.25) is 0 Å². The maximum Gasteiger partial charge on any atom is 0.0998 e. The number of benzene rings is 5. The van der Waals surface area contributed by atoms with E-state index in [1.807, 2.05) is 43.0 Å². The van der Waals surface area contributed by atoms with Gasteiger partial charge < -0.3 is 9.80 Å². The average molecular weight is 720 g/mol. The molecule has 6 heteroatoms. The standard InChI is InChI=1S/C22H13N3.C14H12N2.Ir/c1-3-8-16-14(6-1)15-7-2-4-9-17(15)22-20(16)18-10-5-11-24-21(18)19-12-23-13-25(19)22;1-15-11-16(12-7-3-2-4-8-12)14-10-6-5-9-13(14)15;/h1-13H;2-7,9-11H,1H3;/q;-2;. The summed E-state index contributed by atoms with van der Waals surface area (Å²) in [6.07, 6.45) is 5.65. The van der Waals surface area contributed by atoms with Crippen LogP contribution in [0.5, 0.6) is 0 Å². The summed E-state index contributed by atoms with van der Waals surface area (Å²) in [6, 6.07) is 41.0. The Bertz CT molecular complexity index is 2220. The monoisotopic (exact) mass is 720 g/mol. The van der Waals surface area contributed by atoms with Gasteiger partial charge in [0.15, 0.2) is 0 Å². The molecule has 0 amide bonds. The topological polar surface area (TPSA) is 36.7 Å². The van der Waals surface area contributed by atoms with Crippen LogP contribution in [0.25, 0.3) is 48.9 Å². The molecule has 1 radical (unpaired) electrons. The number of hydrogen-bond acceptors (Lipinski definition) is 4. The van der Waals surface area contributed by atoms with Gasteiger partial charge in [0.1, 0.15) is 0 Å². The zero-order valence-electron chi connectivity index (χ0n) is 22.8. The predicted octanol–water partition coefficient (Wildman–Crippen LogP) is 8.53. The van der Waals surface area contributed by atoms with Gasteiger partial charge in [-0.3, -0.25) is 9.38 Å². The smallest absolute Gasteiger partial charge is 0.0998 e. The van der Waals surface area contributed by atoms with Gasteiger partial charge in [0.2, 0.25) is 0 Å². The van der Waals surface area contributed by atoms with E-state index < -0.39 is 0 Å². The van der Waals surface area contributed by atoms with Gasteiger partial charge in [-0.2, -0.15) is 37.0 Å². The molecule has 5 nitrogen and oxygen atoms in total.